The topological polar surface area (TPSA) is 70.2 Å². The maximum atomic E-state index is 13.2. The molecule has 0 spiro atoms. The van der Waals surface area contributed by atoms with Crippen LogP contribution in [-0.2, 0) is 11.2 Å². The molecule has 0 fully saturated rings. The van der Waals surface area contributed by atoms with Gasteiger partial charge in [0, 0.05) is 28.8 Å². The van der Waals surface area contributed by atoms with E-state index in [0.717, 1.165) is 10.5 Å². The number of benzene rings is 3. The lowest BCUT2D eigenvalue weighted by Gasteiger charge is -2.19. The summed E-state index contributed by atoms with van der Waals surface area (Å²) < 4.78 is 16.3. The predicted molar refractivity (Wildman–Crippen MR) is 127 cm³/mol. The van der Waals surface area contributed by atoms with Crippen molar-refractivity contribution in [1.29, 1.82) is 0 Å². The number of amides is 2. The van der Waals surface area contributed by atoms with E-state index in [9.17, 15) is 14.0 Å². The van der Waals surface area contributed by atoms with Crippen LogP contribution in [0.2, 0.25) is 0 Å². The zero-order valence-electron chi connectivity index (χ0n) is 17.5. The highest BCUT2D eigenvalue weighted by Crippen LogP contribution is 2.18. The molecule has 1 atom stereocenters. The van der Waals surface area contributed by atoms with Crippen molar-refractivity contribution in [3.63, 3.8) is 0 Å². The molecule has 0 aliphatic rings. The molecule has 1 unspecified atom stereocenters. The van der Waals surface area contributed by atoms with E-state index in [1.54, 1.807) is 12.1 Å². The average molecular weight is 450 g/mol. The van der Waals surface area contributed by atoms with E-state index in [2.05, 4.69) is 15.4 Å². The molecule has 2 amide bonds. The molecule has 5 nitrogen and oxygen atoms in total. The molecular weight excluding hydrogens is 425 g/mol. The number of carbonyl (C=O) groups is 2. The van der Waals surface area contributed by atoms with Gasteiger partial charge in [-0.3, -0.25) is 9.59 Å². The molecule has 0 saturated heterocycles. The molecule has 0 aliphatic heterocycles. The van der Waals surface area contributed by atoms with Crippen molar-refractivity contribution in [2.45, 2.75) is 24.3 Å². The number of anilines is 1. The number of halogens is 1. The SMILES string of the molecule is C/C=C/NSc1ccc(NC(=O)C(Cc2ccccc2)NC(=O)c2ccc(F)cc2)cc1. The number of nitrogens with one attached hydrogen (secondary N) is 3. The van der Waals surface area contributed by atoms with E-state index in [0.29, 0.717) is 12.1 Å². The summed E-state index contributed by atoms with van der Waals surface area (Å²) in [6.07, 6.45) is 4.05. The standard InChI is InChI=1S/C25H24FN3O2S/c1-2-16-27-32-22-14-12-21(13-15-22)28-25(31)23(17-18-6-4-3-5-7-18)29-24(30)19-8-10-20(26)11-9-19/h2-16,23,27H,17H2,1H3,(H,28,31)(H,29,30)/b16-2+. The van der Waals surface area contributed by atoms with Crippen molar-refractivity contribution < 1.29 is 14.0 Å². The van der Waals surface area contributed by atoms with Gasteiger partial charge < -0.3 is 15.4 Å². The summed E-state index contributed by atoms with van der Waals surface area (Å²) in [6, 6.07) is 21.2. The van der Waals surface area contributed by atoms with Crippen LogP contribution in [0.1, 0.15) is 22.8 Å². The van der Waals surface area contributed by atoms with Crippen LogP contribution in [0, 0.1) is 5.82 Å². The minimum atomic E-state index is -0.805. The van der Waals surface area contributed by atoms with Crippen LogP contribution in [-0.4, -0.2) is 17.9 Å². The second-order valence-electron chi connectivity index (χ2n) is 6.96. The molecule has 0 aromatic heterocycles. The van der Waals surface area contributed by atoms with Gasteiger partial charge in [0.05, 0.1) is 0 Å². The summed E-state index contributed by atoms with van der Waals surface area (Å²) in [7, 11) is 0. The Morgan fingerprint density at radius 1 is 0.969 bits per heavy atom. The second-order valence-corrected chi connectivity index (χ2v) is 7.87. The first-order valence-electron chi connectivity index (χ1n) is 10.1. The van der Waals surface area contributed by atoms with E-state index in [1.165, 1.54) is 36.2 Å². The minimum Gasteiger partial charge on any atom is -0.340 e. The predicted octanol–water partition coefficient (Wildman–Crippen LogP) is 4.94. The summed E-state index contributed by atoms with van der Waals surface area (Å²) in [6.45, 7) is 1.92. The van der Waals surface area contributed by atoms with E-state index in [1.807, 2.05) is 61.7 Å². The summed E-state index contributed by atoms with van der Waals surface area (Å²) in [5.41, 5.74) is 1.82. The van der Waals surface area contributed by atoms with Crippen molar-refractivity contribution in [2.75, 3.05) is 5.32 Å². The van der Waals surface area contributed by atoms with Crippen molar-refractivity contribution in [3.8, 4) is 0 Å². The van der Waals surface area contributed by atoms with Crippen LogP contribution in [0.5, 0.6) is 0 Å². The van der Waals surface area contributed by atoms with Crippen molar-refractivity contribution in [3.05, 3.63) is 108 Å². The smallest absolute Gasteiger partial charge is 0.251 e. The Morgan fingerprint density at radius 2 is 1.66 bits per heavy atom. The molecule has 3 aromatic rings. The Balaban J connectivity index is 1.71. The molecule has 3 N–H and O–H groups in total. The van der Waals surface area contributed by atoms with Crippen LogP contribution < -0.4 is 15.4 Å². The van der Waals surface area contributed by atoms with Crippen molar-refractivity contribution in [1.82, 2.24) is 10.0 Å². The molecule has 0 saturated carbocycles. The van der Waals surface area contributed by atoms with Crippen LogP contribution >= 0.6 is 11.9 Å². The summed E-state index contributed by atoms with van der Waals surface area (Å²) in [5, 5.41) is 5.64. The van der Waals surface area contributed by atoms with Crippen LogP contribution in [0.25, 0.3) is 0 Å². The fraction of sp³-hybridized carbons (Fsp3) is 0.120. The van der Waals surface area contributed by atoms with Crippen molar-refractivity contribution >= 4 is 29.4 Å². The minimum absolute atomic E-state index is 0.285. The number of allylic oxidation sites excluding steroid dienone is 1. The Hall–Kier alpha value is -3.58. The van der Waals surface area contributed by atoms with Crippen molar-refractivity contribution in [2.24, 2.45) is 0 Å². The fourth-order valence-electron chi connectivity index (χ4n) is 2.91. The highest BCUT2D eigenvalue weighted by atomic mass is 32.2. The molecule has 0 aliphatic carbocycles. The summed E-state index contributed by atoms with van der Waals surface area (Å²) in [5.74, 6) is -1.21. The van der Waals surface area contributed by atoms with Gasteiger partial charge in [-0.05, 0) is 73.0 Å². The van der Waals surface area contributed by atoms with Gasteiger partial charge in [0.2, 0.25) is 5.91 Å². The Morgan fingerprint density at radius 3 is 2.31 bits per heavy atom. The molecule has 3 rings (SSSR count). The van der Waals surface area contributed by atoms with Gasteiger partial charge in [0.1, 0.15) is 11.9 Å². The maximum absolute atomic E-state index is 13.2. The Kier molecular flexibility index (Phi) is 8.45. The van der Waals surface area contributed by atoms with E-state index in [4.69, 9.17) is 0 Å². The third-order valence-corrected chi connectivity index (χ3v) is 5.31. The zero-order valence-corrected chi connectivity index (χ0v) is 18.4. The van der Waals surface area contributed by atoms with E-state index >= 15 is 0 Å². The van der Waals surface area contributed by atoms with Crippen LogP contribution in [0.3, 0.4) is 0 Å². The molecule has 0 radical (unpaired) electrons. The molecule has 7 heteroatoms. The summed E-state index contributed by atoms with van der Waals surface area (Å²) in [4.78, 5) is 26.7. The first-order valence-corrected chi connectivity index (χ1v) is 10.9. The van der Waals surface area contributed by atoms with Crippen LogP contribution in [0.15, 0.2) is 96.0 Å². The van der Waals surface area contributed by atoms with Gasteiger partial charge in [0.15, 0.2) is 0 Å². The monoisotopic (exact) mass is 449 g/mol. The fourth-order valence-corrected chi connectivity index (χ4v) is 3.52. The molecule has 3 aromatic carbocycles. The van der Waals surface area contributed by atoms with Gasteiger partial charge in [-0.25, -0.2) is 4.39 Å². The quantitative estimate of drug-likeness (QED) is 0.405. The van der Waals surface area contributed by atoms with Crippen LogP contribution in [0.4, 0.5) is 10.1 Å². The largest absolute Gasteiger partial charge is 0.340 e. The number of rotatable bonds is 9. The summed E-state index contributed by atoms with van der Waals surface area (Å²) >= 11 is 1.45. The normalized spacial score (nSPS) is 11.7. The first kappa shape index (κ1) is 23.1. The van der Waals surface area contributed by atoms with E-state index in [-0.39, 0.29) is 11.5 Å². The third kappa shape index (κ3) is 6.99. The van der Waals surface area contributed by atoms with Gasteiger partial charge in [0.25, 0.3) is 5.91 Å². The Bertz CT molecular complexity index is 1050. The highest BCUT2D eigenvalue weighted by molar-refractivity contribution is 7.97. The average Bonchev–Trinajstić information content (AvgIpc) is 2.81. The molecule has 0 bridgehead atoms. The second kappa shape index (κ2) is 11.7. The molecule has 0 heterocycles. The number of hydrogen-bond donors (Lipinski definition) is 3. The third-order valence-electron chi connectivity index (χ3n) is 4.54. The first-order chi connectivity index (χ1) is 15.5. The molecule has 32 heavy (non-hydrogen) atoms. The van der Waals surface area contributed by atoms with Gasteiger partial charge in [-0.1, -0.05) is 36.4 Å². The van der Waals surface area contributed by atoms with Gasteiger partial charge in [-0.2, -0.15) is 0 Å². The maximum Gasteiger partial charge on any atom is 0.251 e. The Labute approximate surface area is 191 Å². The number of carbonyl (C=O) groups excluding carboxylic acids is 2. The molecule has 164 valence electrons. The lowest BCUT2D eigenvalue weighted by atomic mass is 10.0. The lowest BCUT2D eigenvalue weighted by molar-refractivity contribution is -0.118. The van der Waals surface area contributed by atoms with Gasteiger partial charge >= 0.3 is 0 Å². The highest BCUT2D eigenvalue weighted by Gasteiger charge is 2.22. The zero-order chi connectivity index (χ0) is 22.8. The number of hydrogen-bond acceptors (Lipinski definition) is 4. The van der Waals surface area contributed by atoms with Gasteiger partial charge in [-0.15, -0.1) is 0 Å². The van der Waals surface area contributed by atoms with E-state index < -0.39 is 17.8 Å². The molecular formula is C25H24FN3O2S. The lowest BCUT2D eigenvalue weighted by Crippen LogP contribution is -2.45.